The van der Waals surface area contributed by atoms with Gasteiger partial charge < -0.3 is 15.0 Å². The van der Waals surface area contributed by atoms with Gasteiger partial charge in [0.25, 0.3) is 10.0 Å². The highest BCUT2D eigenvalue weighted by Crippen LogP contribution is 2.27. The molecule has 11 heteroatoms. The van der Waals surface area contributed by atoms with E-state index in [4.69, 9.17) is 4.74 Å². The van der Waals surface area contributed by atoms with E-state index in [0.29, 0.717) is 18.9 Å². The molecule has 0 aliphatic carbocycles. The van der Waals surface area contributed by atoms with Crippen LogP contribution in [-0.4, -0.2) is 50.9 Å². The number of halogens is 2. The number of hydrogen-bond donors (Lipinski definition) is 1. The van der Waals surface area contributed by atoms with Crippen LogP contribution in [0.3, 0.4) is 0 Å². The summed E-state index contributed by atoms with van der Waals surface area (Å²) in [6.07, 6.45) is 0.207. The molecule has 0 aliphatic heterocycles. The molecule has 0 spiro atoms. The van der Waals surface area contributed by atoms with E-state index in [-0.39, 0.29) is 35.4 Å². The van der Waals surface area contributed by atoms with Gasteiger partial charge in [-0.25, -0.2) is 12.8 Å². The van der Waals surface area contributed by atoms with Crippen molar-refractivity contribution in [2.24, 2.45) is 5.92 Å². The Morgan fingerprint density at radius 2 is 1.55 bits per heavy atom. The monoisotopic (exact) mass is 723 g/mol. The summed E-state index contributed by atoms with van der Waals surface area (Å²) in [7, 11) is -4.36. The van der Waals surface area contributed by atoms with Crippen molar-refractivity contribution in [1.29, 1.82) is 0 Å². The van der Waals surface area contributed by atoms with Crippen LogP contribution in [0.15, 0.2) is 112 Å². The third-order valence-electron chi connectivity index (χ3n) is 7.31. The van der Waals surface area contributed by atoms with Crippen molar-refractivity contribution in [3.63, 3.8) is 0 Å². The number of amides is 2. The number of carbonyl (C=O) groups excluding carboxylic acids is 2. The summed E-state index contributed by atoms with van der Waals surface area (Å²) in [6, 6.07) is 26.6. The van der Waals surface area contributed by atoms with E-state index in [1.807, 2.05) is 75.4 Å². The van der Waals surface area contributed by atoms with Crippen molar-refractivity contribution in [3.05, 3.63) is 125 Å². The molecule has 0 heterocycles. The smallest absolute Gasteiger partial charge is 0.264 e. The second-order valence-electron chi connectivity index (χ2n) is 11.4. The lowest BCUT2D eigenvalue weighted by Crippen LogP contribution is -2.53. The van der Waals surface area contributed by atoms with E-state index in [2.05, 4.69) is 21.2 Å². The highest BCUT2D eigenvalue weighted by Gasteiger charge is 2.34. The zero-order chi connectivity index (χ0) is 34.0. The van der Waals surface area contributed by atoms with Crippen LogP contribution in [0, 0.1) is 11.7 Å². The van der Waals surface area contributed by atoms with Gasteiger partial charge in [-0.05, 0) is 84.6 Å². The van der Waals surface area contributed by atoms with Gasteiger partial charge in [0.15, 0.2) is 0 Å². The fourth-order valence-corrected chi connectivity index (χ4v) is 6.81. The summed E-state index contributed by atoms with van der Waals surface area (Å²) in [5.74, 6) is -0.835. The first kappa shape index (κ1) is 35.6. The summed E-state index contributed by atoms with van der Waals surface area (Å²) in [5, 5.41) is 2.98. The zero-order valence-electron chi connectivity index (χ0n) is 26.6. The minimum absolute atomic E-state index is 0.0403. The van der Waals surface area contributed by atoms with Crippen LogP contribution in [-0.2, 0) is 32.6 Å². The van der Waals surface area contributed by atoms with Crippen molar-refractivity contribution in [3.8, 4) is 5.75 Å². The molecule has 248 valence electrons. The molecule has 0 fully saturated rings. The maximum Gasteiger partial charge on any atom is 0.264 e. The summed E-state index contributed by atoms with van der Waals surface area (Å²) < 4.78 is 49.3. The first-order valence-corrected chi connectivity index (χ1v) is 17.6. The lowest BCUT2D eigenvalue weighted by atomic mass is 10.0. The lowest BCUT2D eigenvalue weighted by Gasteiger charge is -2.34. The maximum atomic E-state index is 14.5. The van der Waals surface area contributed by atoms with Crippen molar-refractivity contribution >= 4 is 43.5 Å². The predicted octanol–water partition coefficient (Wildman–Crippen LogP) is 6.59. The maximum absolute atomic E-state index is 14.5. The molecule has 47 heavy (non-hydrogen) atoms. The third-order valence-corrected chi connectivity index (χ3v) is 9.60. The molecule has 0 aromatic heterocycles. The summed E-state index contributed by atoms with van der Waals surface area (Å²) in [6.45, 7) is 6.03. The SMILES string of the molecule is CCOc1ccc(N(CC(=O)N(Cc2cccc(Br)c2)[C@@H](Cc2ccccc2)C(=O)NCC(C)C)S(=O)(=O)c2ccc(F)cc2)cc1. The number of benzene rings is 4. The molecule has 4 rings (SSSR count). The van der Waals surface area contributed by atoms with E-state index >= 15 is 0 Å². The van der Waals surface area contributed by atoms with Gasteiger partial charge in [0.1, 0.15) is 24.2 Å². The predicted molar refractivity (Wildman–Crippen MR) is 185 cm³/mol. The second kappa shape index (κ2) is 16.6. The van der Waals surface area contributed by atoms with E-state index in [1.54, 1.807) is 24.3 Å². The number of ether oxygens (including phenoxy) is 1. The van der Waals surface area contributed by atoms with Crippen LogP contribution in [0.25, 0.3) is 0 Å². The minimum atomic E-state index is -4.36. The van der Waals surface area contributed by atoms with Crippen LogP contribution >= 0.6 is 15.9 Å². The van der Waals surface area contributed by atoms with Crippen LogP contribution < -0.4 is 14.4 Å². The number of nitrogens with zero attached hydrogens (tertiary/aromatic N) is 2. The van der Waals surface area contributed by atoms with Gasteiger partial charge in [-0.1, -0.05) is 72.2 Å². The Hall–Kier alpha value is -4.22. The van der Waals surface area contributed by atoms with Gasteiger partial charge in [0, 0.05) is 24.0 Å². The number of carbonyl (C=O) groups is 2. The number of rotatable bonds is 15. The molecule has 8 nitrogen and oxygen atoms in total. The van der Waals surface area contributed by atoms with Gasteiger partial charge in [-0.3, -0.25) is 13.9 Å². The summed E-state index contributed by atoms with van der Waals surface area (Å²) in [5.41, 5.74) is 1.79. The lowest BCUT2D eigenvalue weighted by molar-refractivity contribution is -0.140. The Kier molecular flexibility index (Phi) is 12.6. The fraction of sp³-hybridized carbons (Fsp3) is 0.278. The largest absolute Gasteiger partial charge is 0.494 e. The van der Waals surface area contributed by atoms with E-state index < -0.39 is 34.3 Å². The molecule has 4 aromatic carbocycles. The average Bonchev–Trinajstić information content (AvgIpc) is 3.05. The molecule has 0 bridgehead atoms. The summed E-state index contributed by atoms with van der Waals surface area (Å²) in [4.78, 5) is 29.7. The van der Waals surface area contributed by atoms with Crippen LogP contribution in [0.5, 0.6) is 5.75 Å². The van der Waals surface area contributed by atoms with E-state index in [0.717, 1.165) is 44.2 Å². The molecule has 0 saturated heterocycles. The first-order chi connectivity index (χ1) is 22.5. The van der Waals surface area contributed by atoms with Crippen LogP contribution in [0.1, 0.15) is 31.9 Å². The molecule has 2 amide bonds. The standard InChI is InChI=1S/C36H39BrFN3O5S/c1-4-46-32-17-15-31(16-18-32)41(47(44,45)33-19-13-30(38)14-20-33)25-35(42)40(24-28-11-8-12-29(37)21-28)34(36(43)39-23-26(2)3)22-27-9-6-5-7-10-27/h5-21,26,34H,4,22-25H2,1-3H3,(H,39,43)/t34-/m0/s1. The fourth-order valence-electron chi connectivity index (χ4n) is 4.95. The number of nitrogens with one attached hydrogen (secondary N) is 1. The Bertz CT molecular complexity index is 1740. The van der Waals surface area contributed by atoms with Gasteiger partial charge in [-0.2, -0.15) is 0 Å². The molecule has 4 aromatic rings. The topological polar surface area (TPSA) is 96.0 Å². The van der Waals surface area contributed by atoms with Gasteiger partial charge >= 0.3 is 0 Å². The average molecular weight is 725 g/mol. The molecule has 1 N–H and O–H groups in total. The van der Waals surface area contributed by atoms with Gasteiger partial charge in [0.05, 0.1) is 17.2 Å². The number of sulfonamides is 1. The molecule has 1 atom stereocenters. The quantitative estimate of drug-likeness (QED) is 0.149. The highest BCUT2D eigenvalue weighted by molar-refractivity contribution is 9.10. The van der Waals surface area contributed by atoms with Crippen molar-refractivity contribution in [1.82, 2.24) is 10.2 Å². The van der Waals surface area contributed by atoms with Crippen molar-refractivity contribution < 1.29 is 27.1 Å². The Labute approximate surface area is 284 Å². The Morgan fingerprint density at radius 3 is 2.17 bits per heavy atom. The molecule has 0 saturated carbocycles. The molecule has 0 radical (unpaired) electrons. The third kappa shape index (κ3) is 9.89. The van der Waals surface area contributed by atoms with Crippen molar-refractivity contribution in [2.45, 2.75) is 44.7 Å². The molecular formula is C36H39BrFN3O5S. The van der Waals surface area contributed by atoms with Crippen LogP contribution in [0.4, 0.5) is 10.1 Å². The highest BCUT2D eigenvalue weighted by atomic mass is 79.9. The van der Waals surface area contributed by atoms with Crippen LogP contribution in [0.2, 0.25) is 0 Å². The minimum Gasteiger partial charge on any atom is -0.494 e. The zero-order valence-corrected chi connectivity index (χ0v) is 29.0. The van der Waals surface area contributed by atoms with E-state index in [1.165, 1.54) is 4.90 Å². The number of anilines is 1. The van der Waals surface area contributed by atoms with Crippen molar-refractivity contribution in [2.75, 3.05) is 24.0 Å². The number of hydrogen-bond acceptors (Lipinski definition) is 5. The molecule has 0 unspecified atom stereocenters. The molecular weight excluding hydrogens is 685 g/mol. The Balaban J connectivity index is 1.80. The second-order valence-corrected chi connectivity index (χ2v) is 14.2. The molecule has 0 aliphatic rings. The summed E-state index contributed by atoms with van der Waals surface area (Å²) >= 11 is 3.49. The van der Waals surface area contributed by atoms with E-state index in [9.17, 15) is 22.4 Å². The first-order valence-electron chi connectivity index (χ1n) is 15.3. The Morgan fingerprint density at radius 1 is 0.894 bits per heavy atom. The normalized spacial score (nSPS) is 12.0. The van der Waals surface area contributed by atoms with Gasteiger partial charge in [0.2, 0.25) is 11.8 Å². The van der Waals surface area contributed by atoms with Gasteiger partial charge in [-0.15, -0.1) is 0 Å².